The second-order valence-corrected chi connectivity index (χ2v) is 5.33. The third-order valence-corrected chi connectivity index (χ3v) is 3.75. The van der Waals surface area contributed by atoms with E-state index in [1.165, 1.54) is 12.1 Å². The maximum Gasteiger partial charge on any atom is 0.284 e. The van der Waals surface area contributed by atoms with Gasteiger partial charge in [-0.15, -0.1) is 0 Å². The van der Waals surface area contributed by atoms with Gasteiger partial charge in [0.05, 0.1) is 9.40 Å². The number of hydrogen-bond acceptors (Lipinski definition) is 3. The number of halogens is 1. The van der Waals surface area contributed by atoms with Crippen molar-refractivity contribution in [1.29, 1.82) is 0 Å². The quantitative estimate of drug-likeness (QED) is 0.612. The van der Waals surface area contributed by atoms with Gasteiger partial charge >= 0.3 is 0 Å². The molecular weight excluding hydrogens is 312 g/mol. The van der Waals surface area contributed by atoms with E-state index in [-0.39, 0.29) is 17.6 Å². The summed E-state index contributed by atoms with van der Waals surface area (Å²) in [4.78, 5) is 24.2. The number of hydrogen-bond donors (Lipinski definition) is 0. The Balaban J connectivity index is 3.00. The van der Waals surface area contributed by atoms with Gasteiger partial charge in [0, 0.05) is 24.7 Å². The van der Waals surface area contributed by atoms with Gasteiger partial charge in [-0.2, -0.15) is 0 Å². The highest BCUT2D eigenvalue weighted by atomic mass is 79.9. The molecule has 0 aliphatic rings. The lowest BCUT2D eigenvalue weighted by Gasteiger charge is -2.24. The Kier molecular flexibility index (Phi) is 5.47. The Hall–Kier alpha value is -1.43. The molecule has 0 bridgehead atoms. The van der Waals surface area contributed by atoms with Crippen molar-refractivity contribution in [3.63, 3.8) is 0 Å². The molecule has 1 unspecified atom stereocenters. The van der Waals surface area contributed by atoms with Gasteiger partial charge in [0.1, 0.15) is 0 Å². The van der Waals surface area contributed by atoms with E-state index in [2.05, 4.69) is 22.9 Å². The molecular formula is C13H17BrN2O3. The van der Waals surface area contributed by atoms with Crippen LogP contribution in [0.4, 0.5) is 5.69 Å². The Labute approximate surface area is 120 Å². The number of nitro groups is 1. The molecule has 0 saturated carbocycles. The summed E-state index contributed by atoms with van der Waals surface area (Å²) in [6.45, 7) is 4.02. The molecule has 19 heavy (non-hydrogen) atoms. The molecule has 0 saturated heterocycles. The van der Waals surface area contributed by atoms with Crippen molar-refractivity contribution >= 4 is 27.5 Å². The van der Waals surface area contributed by atoms with Gasteiger partial charge < -0.3 is 4.90 Å². The number of carbonyl (C=O) groups excluding carboxylic acids is 1. The van der Waals surface area contributed by atoms with E-state index < -0.39 is 4.92 Å². The Morgan fingerprint density at radius 2 is 2.16 bits per heavy atom. The molecule has 0 N–H and O–H groups in total. The highest BCUT2D eigenvalue weighted by Crippen LogP contribution is 2.26. The van der Waals surface area contributed by atoms with Crippen LogP contribution < -0.4 is 0 Å². The minimum atomic E-state index is -0.504. The molecule has 0 aliphatic carbocycles. The summed E-state index contributed by atoms with van der Waals surface area (Å²) in [7, 11) is 1.72. The van der Waals surface area contributed by atoms with Gasteiger partial charge in [0.15, 0.2) is 0 Å². The van der Waals surface area contributed by atoms with Crippen molar-refractivity contribution in [1.82, 2.24) is 4.90 Å². The maximum absolute atomic E-state index is 12.2. The molecule has 0 aromatic heterocycles. The number of rotatable bonds is 5. The summed E-state index contributed by atoms with van der Waals surface area (Å²) < 4.78 is 0.373. The molecule has 0 heterocycles. The molecule has 1 aromatic carbocycles. The zero-order valence-corrected chi connectivity index (χ0v) is 12.8. The van der Waals surface area contributed by atoms with E-state index in [4.69, 9.17) is 0 Å². The number of nitrogens with zero attached hydrogens (tertiary/aromatic N) is 2. The Morgan fingerprint density at radius 3 is 2.68 bits per heavy atom. The van der Waals surface area contributed by atoms with Crippen molar-refractivity contribution < 1.29 is 9.72 Å². The van der Waals surface area contributed by atoms with Crippen LogP contribution in [-0.2, 0) is 0 Å². The zero-order chi connectivity index (χ0) is 14.6. The smallest absolute Gasteiger partial charge is 0.284 e. The molecule has 0 fully saturated rings. The van der Waals surface area contributed by atoms with Crippen LogP contribution in [0, 0.1) is 10.1 Å². The molecule has 1 atom stereocenters. The van der Waals surface area contributed by atoms with Crippen LogP contribution in [0.1, 0.15) is 37.0 Å². The fraction of sp³-hybridized carbons (Fsp3) is 0.462. The molecule has 6 heteroatoms. The van der Waals surface area contributed by atoms with Crippen molar-refractivity contribution in [3.8, 4) is 0 Å². The van der Waals surface area contributed by atoms with Crippen molar-refractivity contribution in [2.75, 3.05) is 7.05 Å². The van der Waals surface area contributed by atoms with E-state index in [1.54, 1.807) is 18.0 Å². The predicted octanol–water partition coefficient (Wildman–Crippen LogP) is 3.62. The highest BCUT2D eigenvalue weighted by molar-refractivity contribution is 9.10. The first-order valence-electron chi connectivity index (χ1n) is 6.09. The maximum atomic E-state index is 12.2. The lowest BCUT2D eigenvalue weighted by Crippen LogP contribution is -2.34. The van der Waals surface area contributed by atoms with E-state index in [0.29, 0.717) is 10.0 Å². The molecule has 0 radical (unpaired) electrons. The van der Waals surface area contributed by atoms with Crippen LogP contribution >= 0.6 is 15.9 Å². The van der Waals surface area contributed by atoms with Gasteiger partial charge in [-0.3, -0.25) is 14.9 Å². The number of amides is 1. The van der Waals surface area contributed by atoms with Gasteiger partial charge in [-0.05, 0) is 41.4 Å². The highest BCUT2D eigenvalue weighted by Gasteiger charge is 2.20. The first-order chi connectivity index (χ1) is 8.88. The van der Waals surface area contributed by atoms with Crippen LogP contribution in [0.5, 0.6) is 0 Å². The molecule has 5 nitrogen and oxygen atoms in total. The minimum absolute atomic E-state index is 0.0950. The van der Waals surface area contributed by atoms with Crippen molar-refractivity contribution in [2.24, 2.45) is 0 Å². The van der Waals surface area contributed by atoms with E-state index >= 15 is 0 Å². The van der Waals surface area contributed by atoms with Crippen LogP contribution in [0.15, 0.2) is 22.7 Å². The SMILES string of the molecule is CCCC(C)N(C)C(=O)c1ccc(Br)c([N+](=O)[O-])c1. The number of nitro benzene ring substituents is 1. The second-order valence-electron chi connectivity index (χ2n) is 4.48. The first-order valence-corrected chi connectivity index (χ1v) is 6.88. The topological polar surface area (TPSA) is 63.5 Å². The lowest BCUT2D eigenvalue weighted by atomic mass is 10.1. The Morgan fingerprint density at radius 1 is 1.53 bits per heavy atom. The van der Waals surface area contributed by atoms with Crippen LogP contribution in [0.3, 0.4) is 0 Å². The fourth-order valence-corrected chi connectivity index (χ4v) is 2.19. The zero-order valence-electron chi connectivity index (χ0n) is 11.2. The minimum Gasteiger partial charge on any atom is -0.339 e. The number of carbonyl (C=O) groups is 1. The van der Waals surface area contributed by atoms with Crippen LogP contribution in [0.2, 0.25) is 0 Å². The molecule has 0 spiro atoms. The summed E-state index contributed by atoms with van der Waals surface area (Å²) >= 11 is 3.10. The molecule has 1 rings (SSSR count). The second kappa shape index (κ2) is 6.65. The van der Waals surface area contributed by atoms with Gasteiger partial charge in [-0.25, -0.2) is 0 Å². The van der Waals surface area contributed by atoms with Crippen molar-refractivity contribution in [3.05, 3.63) is 38.3 Å². The Bertz CT molecular complexity index is 491. The molecule has 1 aromatic rings. The average molecular weight is 329 g/mol. The van der Waals surface area contributed by atoms with Crippen molar-refractivity contribution in [2.45, 2.75) is 32.7 Å². The fourth-order valence-electron chi connectivity index (χ4n) is 1.80. The molecule has 104 valence electrons. The average Bonchev–Trinajstić information content (AvgIpc) is 2.37. The van der Waals surface area contributed by atoms with E-state index in [0.717, 1.165) is 12.8 Å². The van der Waals surface area contributed by atoms with Crippen LogP contribution in [-0.4, -0.2) is 28.8 Å². The van der Waals surface area contributed by atoms with Gasteiger partial charge in [0.2, 0.25) is 0 Å². The summed E-state index contributed by atoms with van der Waals surface area (Å²) in [6.07, 6.45) is 1.89. The molecule has 0 aliphatic heterocycles. The standard InChI is InChI=1S/C13H17BrN2O3/c1-4-5-9(2)15(3)13(17)10-6-7-11(14)12(8-10)16(18)19/h6-9H,4-5H2,1-3H3. The van der Waals surface area contributed by atoms with E-state index in [9.17, 15) is 14.9 Å². The monoisotopic (exact) mass is 328 g/mol. The summed E-state index contributed by atoms with van der Waals surface area (Å²) in [5.74, 6) is -0.198. The predicted molar refractivity (Wildman–Crippen MR) is 77.3 cm³/mol. The third kappa shape index (κ3) is 3.76. The van der Waals surface area contributed by atoms with Gasteiger partial charge in [-0.1, -0.05) is 13.3 Å². The summed E-state index contributed by atoms with van der Waals surface area (Å²) in [6, 6.07) is 4.54. The van der Waals surface area contributed by atoms with Crippen LogP contribution in [0.25, 0.3) is 0 Å². The number of benzene rings is 1. The largest absolute Gasteiger partial charge is 0.339 e. The normalized spacial score (nSPS) is 12.0. The molecule has 1 amide bonds. The van der Waals surface area contributed by atoms with Gasteiger partial charge in [0.25, 0.3) is 11.6 Å². The summed E-state index contributed by atoms with van der Waals surface area (Å²) in [5, 5.41) is 10.9. The third-order valence-electron chi connectivity index (χ3n) is 3.08. The van der Waals surface area contributed by atoms with E-state index in [1.807, 2.05) is 6.92 Å². The lowest BCUT2D eigenvalue weighted by molar-refractivity contribution is -0.385. The first kappa shape index (κ1) is 15.6. The summed E-state index contributed by atoms with van der Waals surface area (Å²) in [5.41, 5.74) is 0.239.